The molecule has 1 aliphatic rings. The van der Waals surface area contributed by atoms with Gasteiger partial charge in [0.05, 0.1) is 17.6 Å². The second-order valence-electron chi connectivity index (χ2n) is 6.14. The van der Waals surface area contributed by atoms with Gasteiger partial charge in [0, 0.05) is 18.4 Å². The van der Waals surface area contributed by atoms with E-state index in [1.165, 1.54) is 25.9 Å². The van der Waals surface area contributed by atoms with E-state index in [1.807, 2.05) is 12.3 Å². The van der Waals surface area contributed by atoms with Crippen LogP contribution in [0.2, 0.25) is 0 Å². The first-order chi connectivity index (χ1) is 10.2. The van der Waals surface area contributed by atoms with Crippen LogP contribution in [0.3, 0.4) is 0 Å². The average Bonchev–Trinajstić information content (AvgIpc) is 3.02. The van der Waals surface area contributed by atoms with Gasteiger partial charge in [-0.3, -0.25) is 10.1 Å². The molecule has 3 rings (SSSR count). The van der Waals surface area contributed by atoms with Gasteiger partial charge in [-0.1, -0.05) is 0 Å². The van der Waals surface area contributed by atoms with E-state index in [4.69, 9.17) is 4.98 Å². The molecular formula is C16H23N5. The SMILES string of the molecule is CC(C)N1CCC(Cc2cncc(-c3ccn[nH]3)n2)CC1. The van der Waals surface area contributed by atoms with Gasteiger partial charge in [-0.25, -0.2) is 4.98 Å². The summed E-state index contributed by atoms with van der Waals surface area (Å²) >= 11 is 0. The Labute approximate surface area is 125 Å². The van der Waals surface area contributed by atoms with Crippen LogP contribution >= 0.6 is 0 Å². The zero-order valence-corrected chi connectivity index (χ0v) is 12.8. The fraction of sp³-hybridized carbons (Fsp3) is 0.562. The molecule has 0 radical (unpaired) electrons. The molecule has 21 heavy (non-hydrogen) atoms. The number of aromatic nitrogens is 4. The van der Waals surface area contributed by atoms with Crippen molar-refractivity contribution in [2.24, 2.45) is 5.92 Å². The predicted octanol–water partition coefficient (Wildman–Crippen LogP) is 2.53. The van der Waals surface area contributed by atoms with Gasteiger partial charge in [0.25, 0.3) is 0 Å². The largest absolute Gasteiger partial charge is 0.301 e. The van der Waals surface area contributed by atoms with Crippen LogP contribution in [0.4, 0.5) is 0 Å². The molecule has 0 bridgehead atoms. The number of rotatable bonds is 4. The molecule has 0 amide bonds. The van der Waals surface area contributed by atoms with Crippen LogP contribution in [0, 0.1) is 5.92 Å². The van der Waals surface area contributed by atoms with E-state index in [0.717, 1.165) is 29.4 Å². The molecular weight excluding hydrogens is 262 g/mol. The lowest BCUT2D eigenvalue weighted by Crippen LogP contribution is -2.38. The Bertz CT molecular complexity index is 556. The molecule has 0 saturated carbocycles. The molecule has 3 heterocycles. The lowest BCUT2D eigenvalue weighted by atomic mass is 9.91. The summed E-state index contributed by atoms with van der Waals surface area (Å²) in [7, 11) is 0. The van der Waals surface area contributed by atoms with Crippen molar-refractivity contribution in [3.8, 4) is 11.4 Å². The van der Waals surface area contributed by atoms with Crippen molar-refractivity contribution in [2.75, 3.05) is 13.1 Å². The van der Waals surface area contributed by atoms with Gasteiger partial charge in [0.1, 0.15) is 5.69 Å². The van der Waals surface area contributed by atoms with E-state index in [9.17, 15) is 0 Å². The third-order valence-electron chi connectivity index (χ3n) is 4.34. The Morgan fingerprint density at radius 3 is 2.76 bits per heavy atom. The molecule has 1 aliphatic heterocycles. The highest BCUT2D eigenvalue weighted by molar-refractivity contribution is 5.51. The fourth-order valence-corrected chi connectivity index (χ4v) is 3.00. The quantitative estimate of drug-likeness (QED) is 0.938. The van der Waals surface area contributed by atoms with Gasteiger partial charge in [-0.15, -0.1) is 0 Å². The van der Waals surface area contributed by atoms with Crippen molar-refractivity contribution in [1.29, 1.82) is 0 Å². The molecule has 5 heteroatoms. The monoisotopic (exact) mass is 285 g/mol. The maximum Gasteiger partial charge on any atom is 0.107 e. The Kier molecular flexibility index (Phi) is 4.29. The van der Waals surface area contributed by atoms with Crippen LogP contribution in [0.25, 0.3) is 11.4 Å². The number of piperidine rings is 1. The third-order valence-corrected chi connectivity index (χ3v) is 4.34. The first-order valence-electron chi connectivity index (χ1n) is 7.77. The molecule has 2 aromatic rings. The highest BCUT2D eigenvalue weighted by Gasteiger charge is 2.21. The highest BCUT2D eigenvalue weighted by atomic mass is 15.1. The van der Waals surface area contributed by atoms with E-state index in [1.54, 1.807) is 12.4 Å². The minimum Gasteiger partial charge on any atom is -0.301 e. The molecule has 1 N–H and O–H groups in total. The Hall–Kier alpha value is -1.75. The van der Waals surface area contributed by atoms with Gasteiger partial charge >= 0.3 is 0 Å². The molecule has 1 saturated heterocycles. The van der Waals surface area contributed by atoms with Crippen molar-refractivity contribution < 1.29 is 0 Å². The lowest BCUT2D eigenvalue weighted by molar-refractivity contribution is 0.149. The van der Waals surface area contributed by atoms with Crippen LogP contribution in [-0.2, 0) is 6.42 Å². The van der Waals surface area contributed by atoms with Gasteiger partial charge in [0.15, 0.2) is 0 Å². The topological polar surface area (TPSA) is 57.7 Å². The molecule has 0 aliphatic carbocycles. The summed E-state index contributed by atoms with van der Waals surface area (Å²) in [6.07, 6.45) is 8.97. The van der Waals surface area contributed by atoms with Crippen molar-refractivity contribution in [2.45, 2.75) is 39.2 Å². The average molecular weight is 285 g/mol. The maximum absolute atomic E-state index is 4.72. The number of H-pyrrole nitrogens is 1. The van der Waals surface area contributed by atoms with Gasteiger partial charge in [-0.05, 0) is 58.2 Å². The van der Waals surface area contributed by atoms with Crippen molar-refractivity contribution in [3.05, 3.63) is 30.4 Å². The van der Waals surface area contributed by atoms with Crippen molar-refractivity contribution in [3.63, 3.8) is 0 Å². The molecule has 1 fully saturated rings. The zero-order valence-electron chi connectivity index (χ0n) is 12.8. The molecule has 0 aromatic carbocycles. The standard InChI is InChI=1S/C16H23N5/c1-12(2)21-7-4-13(5-8-21)9-14-10-17-11-16(19-14)15-3-6-18-20-15/h3,6,10-13H,4-5,7-9H2,1-2H3,(H,18,20). The Morgan fingerprint density at radius 1 is 1.29 bits per heavy atom. The van der Waals surface area contributed by atoms with E-state index < -0.39 is 0 Å². The number of hydrogen-bond acceptors (Lipinski definition) is 4. The number of nitrogens with zero attached hydrogens (tertiary/aromatic N) is 4. The summed E-state index contributed by atoms with van der Waals surface area (Å²) in [6.45, 7) is 6.96. The summed E-state index contributed by atoms with van der Waals surface area (Å²) in [6, 6.07) is 2.59. The number of nitrogens with one attached hydrogen (secondary N) is 1. The molecule has 0 atom stereocenters. The second kappa shape index (κ2) is 6.35. The minimum atomic E-state index is 0.662. The van der Waals surface area contributed by atoms with Crippen LogP contribution < -0.4 is 0 Å². The summed E-state index contributed by atoms with van der Waals surface area (Å²) < 4.78 is 0. The fourth-order valence-electron chi connectivity index (χ4n) is 3.00. The van der Waals surface area contributed by atoms with E-state index in [2.05, 4.69) is 33.9 Å². The third kappa shape index (κ3) is 3.47. The normalized spacial score (nSPS) is 17.5. The Morgan fingerprint density at radius 2 is 2.10 bits per heavy atom. The smallest absolute Gasteiger partial charge is 0.107 e. The number of likely N-dealkylation sites (tertiary alicyclic amines) is 1. The first kappa shape index (κ1) is 14.2. The van der Waals surface area contributed by atoms with E-state index in [0.29, 0.717) is 6.04 Å². The lowest BCUT2D eigenvalue weighted by Gasteiger charge is -2.34. The molecule has 2 aromatic heterocycles. The summed E-state index contributed by atoms with van der Waals surface area (Å²) in [5.41, 5.74) is 2.90. The van der Waals surface area contributed by atoms with E-state index in [-0.39, 0.29) is 0 Å². The highest BCUT2D eigenvalue weighted by Crippen LogP contribution is 2.22. The zero-order chi connectivity index (χ0) is 14.7. The summed E-state index contributed by atoms with van der Waals surface area (Å²) in [5.74, 6) is 0.728. The van der Waals surface area contributed by atoms with Gasteiger partial charge in [-0.2, -0.15) is 5.10 Å². The first-order valence-corrected chi connectivity index (χ1v) is 7.77. The summed E-state index contributed by atoms with van der Waals surface area (Å²) in [5, 5.41) is 6.91. The van der Waals surface area contributed by atoms with Crippen LogP contribution in [0.5, 0.6) is 0 Å². The van der Waals surface area contributed by atoms with Crippen molar-refractivity contribution in [1.82, 2.24) is 25.1 Å². The van der Waals surface area contributed by atoms with E-state index >= 15 is 0 Å². The Balaban J connectivity index is 1.62. The molecule has 0 unspecified atom stereocenters. The minimum absolute atomic E-state index is 0.662. The second-order valence-corrected chi connectivity index (χ2v) is 6.14. The number of aromatic amines is 1. The van der Waals surface area contributed by atoms with Crippen LogP contribution in [0.15, 0.2) is 24.7 Å². The van der Waals surface area contributed by atoms with Crippen molar-refractivity contribution >= 4 is 0 Å². The van der Waals surface area contributed by atoms with Crippen LogP contribution in [0.1, 0.15) is 32.4 Å². The maximum atomic E-state index is 4.72. The number of hydrogen-bond donors (Lipinski definition) is 1. The van der Waals surface area contributed by atoms with Gasteiger partial charge < -0.3 is 4.90 Å². The molecule has 0 spiro atoms. The van der Waals surface area contributed by atoms with Crippen LogP contribution in [-0.4, -0.2) is 44.2 Å². The summed E-state index contributed by atoms with van der Waals surface area (Å²) in [4.78, 5) is 11.6. The molecule has 5 nitrogen and oxygen atoms in total. The van der Waals surface area contributed by atoms with Gasteiger partial charge in [0.2, 0.25) is 0 Å². The molecule has 112 valence electrons. The predicted molar refractivity (Wildman–Crippen MR) is 82.8 cm³/mol.